The summed E-state index contributed by atoms with van der Waals surface area (Å²) in [6.07, 6.45) is -0.536. The summed E-state index contributed by atoms with van der Waals surface area (Å²) in [5.74, 6) is 1.31. The molecule has 2 aromatic carbocycles. The number of methoxy groups -OCH3 is 1. The smallest absolute Gasteiger partial charge is 0.265 e. The molecule has 0 spiro atoms. The maximum atomic E-state index is 12.0. The lowest BCUT2D eigenvalue weighted by Gasteiger charge is -2.23. The largest absolute Gasteiger partial charge is 0.497 e. The molecule has 1 aliphatic heterocycles. The molecule has 0 saturated carbocycles. The molecule has 1 atom stereocenters. The van der Waals surface area contributed by atoms with Gasteiger partial charge in [0.25, 0.3) is 11.8 Å². The lowest BCUT2D eigenvalue weighted by Crippen LogP contribution is -2.34. The molecule has 7 heteroatoms. The Kier molecular flexibility index (Phi) is 4.74. The van der Waals surface area contributed by atoms with Crippen LogP contribution in [0.2, 0.25) is 0 Å². The lowest BCUT2D eigenvalue weighted by molar-refractivity contribution is -0.122. The fraction of sp³-hybridized carbons (Fsp3) is 0.222. The zero-order valence-corrected chi connectivity index (χ0v) is 13.9. The first-order valence-corrected chi connectivity index (χ1v) is 7.73. The van der Waals surface area contributed by atoms with Crippen molar-refractivity contribution in [2.75, 3.05) is 24.4 Å². The third kappa shape index (κ3) is 4.00. The van der Waals surface area contributed by atoms with Crippen molar-refractivity contribution in [1.82, 2.24) is 0 Å². The van der Waals surface area contributed by atoms with Gasteiger partial charge in [-0.3, -0.25) is 9.59 Å². The molecule has 130 valence electrons. The van der Waals surface area contributed by atoms with E-state index in [1.807, 2.05) is 0 Å². The summed E-state index contributed by atoms with van der Waals surface area (Å²) in [4.78, 5) is 23.7. The predicted molar refractivity (Wildman–Crippen MR) is 92.3 cm³/mol. The summed E-state index contributed by atoms with van der Waals surface area (Å²) in [5.41, 5.74) is 1.07. The minimum atomic E-state index is -0.536. The predicted octanol–water partition coefficient (Wildman–Crippen LogP) is 2.43. The number of ether oxygens (including phenoxy) is 3. The van der Waals surface area contributed by atoms with E-state index in [0.29, 0.717) is 28.6 Å². The number of hydrogen-bond donors (Lipinski definition) is 2. The number of carbonyl (C=O) groups excluding carboxylic acids is 2. The second kappa shape index (κ2) is 7.12. The topological polar surface area (TPSA) is 85.9 Å². The number of rotatable bonds is 5. The van der Waals surface area contributed by atoms with Gasteiger partial charge >= 0.3 is 0 Å². The Morgan fingerprint density at radius 3 is 2.64 bits per heavy atom. The van der Waals surface area contributed by atoms with Crippen LogP contribution >= 0.6 is 0 Å². The van der Waals surface area contributed by atoms with Gasteiger partial charge in [0.15, 0.2) is 12.7 Å². The summed E-state index contributed by atoms with van der Waals surface area (Å²) in [5, 5.41) is 5.45. The number of fused-ring (bicyclic) bond motifs is 1. The average Bonchev–Trinajstić information content (AvgIpc) is 2.61. The second-order valence-electron chi connectivity index (χ2n) is 5.47. The van der Waals surface area contributed by atoms with Crippen molar-refractivity contribution in [2.45, 2.75) is 13.0 Å². The molecule has 2 aromatic rings. The molecule has 0 aromatic heterocycles. The van der Waals surface area contributed by atoms with Gasteiger partial charge in [0.2, 0.25) is 0 Å². The molecule has 0 fully saturated rings. The molecule has 2 N–H and O–H groups in total. The number of anilines is 2. The van der Waals surface area contributed by atoms with Crippen LogP contribution in [0, 0.1) is 0 Å². The van der Waals surface area contributed by atoms with Gasteiger partial charge < -0.3 is 24.8 Å². The molecular formula is C18H18N2O5. The Morgan fingerprint density at radius 1 is 1.20 bits per heavy atom. The number of nitrogens with one attached hydrogen (secondary N) is 2. The van der Waals surface area contributed by atoms with E-state index in [4.69, 9.17) is 14.2 Å². The Hall–Kier alpha value is -3.22. The van der Waals surface area contributed by atoms with Crippen LogP contribution in [-0.4, -0.2) is 31.6 Å². The first kappa shape index (κ1) is 16.6. The van der Waals surface area contributed by atoms with Gasteiger partial charge in [-0.05, 0) is 49.4 Å². The molecule has 25 heavy (non-hydrogen) atoms. The van der Waals surface area contributed by atoms with Crippen LogP contribution in [0.4, 0.5) is 11.4 Å². The molecule has 0 aliphatic carbocycles. The highest BCUT2D eigenvalue weighted by Crippen LogP contribution is 2.32. The fourth-order valence-electron chi connectivity index (χ4n) is 2.30. The third-order valence-electron chi connectivity index (χ3n) is 3.62. The Morgan fingerprint density at radius 2 is 1.92 bits per heavy atom. The summed E-state index contributed by atoms with van der Waals surface area (Å²) < 4.78 is 15.9. The zero-order valence-electron chi connectivity index (χ0n) is 13.9. The van der Waals surface area contributed by atoms with Crippen molar-refractivity contribution in [2.24, 2.45) is 0 Å². The number of benzene rings is 2. The average molecular weight is 342 g/mol. The van der Waals surface area contributed by atoms with E-state index in [9.17, 15) is 9.59 Å². The second-order valence-corrected chi connectivity index (χ2v) is 5.47. The highest BCUT2D eigenvalue weighted by atomic mass is 16.5. The first-order valence-electron chi connectivity index (χ1n) is 7.73. The third-order valence-corrected chi connectivity index (χ3v) is 3.62. The highest BCUT2D eigenvalue weighted by molar-refractivity contribution is 5.99. The minimum absolute atomic E-state index is 0.136. The molecule has 2 amide bonds. The molecule has 0 radical (unpaired) electrons. The van der Waals surface area contributed by atoms with Gasteiger partial charge in [-0.1, -0.05) is 0 Å². The molecule has 1 aliphatic rings. The molecule has 0 unspecified atom stereocenters. The van der Waals surface area contributed by atoms with Crippen LogP contribution in [0.15, 0.2) is 42.5 Å². The van der Waals surface area contributed by atoms with Crippen LogP contribution in [0.1, 0.15) is 6.92 Å². The van der Waals surface area contributed by atoms with Crippen LogP contribution in [0.25, 0.3) is 0 Å². The van der Waals surface area contributed by atoms with E-state index in [1.165, 1.54) is 0 Å². The van der Waals surface area contributed by atoms with Crippen LogP contribution in [0.3, 0.4) is 0 Å². The van der Waals surface area contributed by atoms with Crippen molar-refractivity contribution in [3.05, 3.63) is 42.5 Å². The van der Waals surface area contributed by atoms with E-state index in [2.05, 4.69) is 10.6 Å². The molecule has 3 rings (SSSR count). The summed E-state index contributed by atoms with van der Waals surface area (Å²) in [6.45, 7) is 1.54. The van der Waals surface area contributed by atoms with Gasteiger partial charge in [-0.15, -0.1) is 0 Å². The Balaban J connectivity index is 1.57. The first-order chi connectivity index (χ1) is 12.0. The van der Waals surface area contributed by atoms with E-state index >= 15 is 0 Å². The maximum absolute atomic E-state index is 12.0. The number of amides is 2. The van der Waals surface area contributed by atoms with Gasteiger partial charge in [0.1, 0.15) is 17.2 Å². The van der Waals surface area contributed by atoms with E-state index in [0.717, 1.165) is 0 Å². The van der Waals surface area contributed by atoms with Gasteiger partial charge in [0, 0.05) is 5.69 Å². The molecule has 0 bridgehead atoms. The van der Waals surface area contributed by atoms with Crippen molar-refractivity contribution >= 4 is 23.2 Å². The van der Waals surface area contributed by atoms with Crippen molar-refractivity contribution in [3.8, 4) is 17.2 Å². The quantitative estimate of drug-likeness (QED) is 0.872. The van der Waals surface area contributed by atoms with Crippen LogP contribution < -0.4 is 24.8 Å². The highest BCUT2D eigenvalue weighted by Gasteiger charge is 2.23. The monoisotopic (exact) mass is 342 g/mol. The minimum Gasteiger partial charge on any atom is -0.497 e. The standard InChI is InChI=1S/C18H18N2O5/c1-11-18(22)20-15-9-12(3-8-16(15)25-11)19-17(21)10-24-14-6-4-13(23-2)5-7-14/h3-9,11H,10H2,1-2H3,(H,19,21)(H,20,22)/t11-/m0/s1. The Bertz CT molecular complexity index is 789. The van der Waals surface area contributed by atoms with Gasteiger partial charge in [-0.25, -0.2) is 0 Å². The summed E-state index contributed by atoms with van der Waals surface area (Å²) in [6, 6.07) is 12.0. The van der Waals surface area contributed by atoms with Gasteiger partial charge in [-0.2, -0.15) is 0 Å². The van der Waals surface area contributed by atoms with Crippen LogP contribution in [-0.2, 0) is 9.59 Å². The van der Waals surface area contributed by atoms with Crippen LogP contribution in [0.5, 0.6) is 17.2 Å². The SMILES string of the molecule is COc1ccc(OCC(=O)Nc2ccc3c(c2)NC(=O)[C@H](C)O3)cc1. The zero-order chi connectivity index (χ0) is 17.8. The lowest BCUT2D eigenvalue weighted by atomic mass is 10.2. The summed E-state index contributed by atoms with van der Waals surface area (Å²) >= 11 is 0. The van der Waals surface area contributed by atoms with Crippen molar-refractivity contribution < 1.29 is 23.8 Å². The van der Waals surface area contributed by atoms with Crippen molar-refractivity contribution in [1.29, 1.82) is 0 Å². The fourth-order valence-corrected chi connectivity index (χ4v) is 2.30. The maximum Gasteiger partial charge on any atom is 0.265 e. The van der Waals surface area contributed by atoms with E-state index in [1.54, 1.807) is 56.5 Å². The van der Waals surface area contributed by atoms with Crippen molar-refractivity contribution in [3.63, 3.8) is 0 Å². The molecule has 1 heterocycles. The molecular weight excluding hydrogens is 324 g/mol. The molecule has 7 nitrogen and oxygen atoms in total. The summed E-state index contributed by atoms with van der Waals surface area (Å²) in [7, 11) is 1.58. The Labute approximate surface area is 144 Å². The molecule has 0 saturated heterocycles. The van der Waals surface area contributed by atoms with Gasteiger partial charge in [0.05, 0.1) is 12.8 Å². The van der Waals surface area contributed by atoms with E-state index < -0.39 is 6.10 Å². The number of carbonyl (C=O) groups is 2. The van der Waals surface area contributed by atoms with E-state index in [-0.39, 0.29) is 18.4 Å². The normalized spacial score (nSPS) is 15.4. The number of hydrogen-bond acceptors (Lipinski definition) is 5.